The second-order valence-corrected chi connectivity index (χ2v) is 9.48. The molecule has 3 amide bonds. The average Bonchev–Trinajstić information content (AvgIpc) is 3.60. The van der Waals surface area contributed by atoms with Gasteiger partial charge >= 0.3 is 0 Å². The molecule has 2 saturated heterocycles. The maximum Gasteiger partial charge on any atom is 0.255 e. The molecule has 2 atom stereocenters. The summed E-state index contributed by atoms with van der Waals surface area (Å²) in [5.74, 6) is -0.139. The highest BCUT2D eigenvalue weighted by molar-refractivity contribution is 6.05. The molecule has 2 aromatic heterocycles. The lowest BCUT2D eigenvalue weighted by molar-refractivity contribution is -0.136. The fourth-order valence-electron chi connectivity index (χ4n) is 5.19. The number of pyridine rings is 1. The number of aromatic nitrogens is 3. The Bertz CT molecular complexity index is 1320. The molecule has 0 bridgehead atoms. The van der Waals surface area contributed by atoms with Crippen LogP contribution in [0.3, 0.4) is 0 Å². The summed E-state index contributed by atoms with van der Waals surface area (Å²) in [7, 11) is 0. The molecule has 0 radical (unpaired) electrons. The summed E-state index contributed by atoms with van der Waals surface area (Å²) in [6.07, 6.45) is 9.00. The summed E-state index contributed by atoms with van der Waals surface area (Å²) in [4.78, 5) is 44.6. The number of rotatable bonds is 6. The van der Waals surface area contributed by atoms with Crippen molar-refractivity contribution in [2.45, 2.75) is 44.5 Å². The molecule has 6 rings (SSSR count). The van der Waals surface area contributed by atoms with Crippen LogP contribution in [0.1, 0.15) is 40.7 Å². The largest absolute Gasteiger partial charge is 0.489 e. The molecule has 0 saturated carbocycles. The summed E-state index contributed by atoms with van der Waals surface area (Å²) in [5.41, 5.74) is 3.55. The molecule has 1 unspecified atom stereocenters. The first kappa shape index (κ1) is 22.4. The number of hydrogen-bond donors (Lipinski definition) is 1. The molecule has 10 nitrogen and oxygen atoms in total. The minimum atomic E-state index is -0.613. The SMILES string of the molecule is O=C1CCC(N2Cc3cc(O[C@H]4CCN(Cc5cnn(-c6ccncc6)c5)C4)ccc3C2=O)C(=O)N1. The molecule has 0 aliphatic carbocycles. The minimum absolute atomic E-state index is 0.0571. The molecule has 1 aromatic carbocycles. The fraction of sp³-hybridized carbons (Fsp3) is 0.346. The third kappa shape index (κ3) is 4.35. The van der Waals surface area contributed by atoms with Crippen molar-refractivity contribution >= 4 is 17.7 Å². The van der Waals surface area contributed by atoms with Crippen molar-refractivity contribution in [3.8, 4) is 11.4 Å². The molecule has 5 heterocycles. The van der Waals surface area contributed by atoms with E-state index in [4.69, 9.17) is 4.74 Å². The number of nitrogens with zero attached hydrogens (tertiary/aromatic N) is 5. The third-order valence-corrected chi connectivity index (χ3v) is 7.00. The predicted octanol–water partition coefficient (Wildman–Crippen LogP) is 1.68. The number of benzene rings is 1. The molecule has 10 heteroatoms. The molecule has 0 spiro atoms. The lowest BCUT2D eigenvalue weighted by Gasteiger charge is -2.29. The van der Waals surface area contributed by atoms with Gasteiger partial charge in [0, 0.05) is 62.3 Å². The zero-order valence-corrected chi connectivity index (χ0v) is 19.7. The number of ether oxygens (including phenoxy) is 1. The van der Waals surface area contributed by atoms with E-state index in [2.05, 4.69) is 20.3 Å². The van der Waals surface area contributed by atoms with Gasteiger partial charge in [0.2, 0.25) is 11.8 Å². The number of nitrogens with one attached hydrogen (secondary N) is 1. The van der Waals surface area contributed by atoms with Crippen molar-refractivity contribution < 1.29 is 19.1 Å². The first-order valence-electron chi connectivity index (χ1n) is 12.1. The van der Waals surface area contributed by atoms with Crippen molar-refractivity contribution in [3.05, 3.63) is 71.8 Å². The summed E-state index contributed by atoms with van der Waals surface area (Å²) in [6, 6.07) is 8.74. The first-order chi connectivity index (χ1) is 17.5. The van der Waals surface area contributed by atoms with Crippen molar-refractivity contribution in [2.24, 2.45) is 0 Å². The molecule has 3 aromatic rings. The first-order valence-corrected chi connectivity index (χ1v) is 12.1. The highest BCUT2D eigenvalue weighted by Crippen LogP contribution is 2.31. The fourth-order valence-corrected chi connectivity index (χ4v) is 5.19. The molecular formula is C26H26N6O4. The van der Waals surface area contributed by atoms with E-state index in [1.165, 1.54) is 0 Å². The quantitative estimate of drug-likeness (QED) is 0.528. The van der Waals surface area contributed by atoms with Gasteiger partial charge in [0.1, 0.15) is 17.9 Å². The zero-order chi connectivity index (χ0) is 24.6. The number of piperidine rings is 1. The normalized spacial score (nSPS) is 22.1. The number of fused-ring (bicyclic) bond motifs is 1. The number of carbonyl (C=O) groups is 3. The van der Waals surface area contributed by atoms with Crippen molar-refractivity contribution in [2.75, 3.05) is 13.1 Å². The molecule has 3 aliphatic heterocycles. The minimum Gasteiger partial charge on any atom is -0.489 e. The summed E-state index contributed by atoms with van der Waals surface area (Å²) < 4.78 is 8.12. The van der Waals surface area contributed by atoms with E-state index in [1.807, 2.05) is 41.3 Å². The van der Waals surface area contributed by atoms with Crippen LogP contribution in [-0.4, -0.2) is 67.5 Å². The summed E-state index contributed by atoms with van der Waals surface area (Å²) in [6.45, 7) is 2.87. The molecular weight excluding hydrogens is 460 g/mol. The summed E-state index contributed by atoms with van der Waals surface area (Å²) in [5, 5.41) is 6.80. The Morgan fingerprint density at radius 3 is 2.78 bits per heavy atom. The van der Waals surface area contributed by atoms with Gasteiger partial charge < -0.3 is 9.64 Å². The highest BCUT2D eigenvalue weighted by atomic mass is 16.5. The number of hydrogen-bond acceptors (Lipinski definition) is 7. The lowest BCUT2D eigenvalue weighted by Crippen LogP contribution is -2.52. The van der Waals surface area contributed by atoms with Gasteiger partial charge in [0.15, 0.2) is 0 Å². The van der Waals surface area contributed by atoms with Gasteiger partial charge in [-0.15, -0.1) is 0 Å². The van der Waals surface area contributed by atoms with Crippen LogP contribution in [0.4, 0.5) is 0 Å². The van der Waals surface area contributed by atoms with Gasteiger partial charge in [-0.05, 0) is 48.7 Å². The van der Waals surface area contributed by atoms with Crippen LogP contribution in [0.5, 0.6) is 5.75 Å². The topological polar surface area (TPSA) is 110 Å². The van der Waals surface area contributed by atoms with Gasteiger partial charge in [-0.3, -0.25) is 29.6 Å². The Morgan fingerprint density at radius 2 is 1.94 bits per heavy atom. The van der Waals surface area contributed by atoms with E-state index in [0.717, 1.165) is 48.6 Å². The van der Waals surface area contributed by atoms with Crippen LogP contribution in [0.15, 0.2) is 55.1 Å². The zero-order valence-electron chi connectivity index (χ0n) is 19.7. The predicted molar refractivity (Wildman–Crippen MR) is 128 cm³/mol. The lowest BCUT2D eigenvalue weighted by atomic mass is 10.0. The Morgan fingerprint density at radius 1 is 1.08 bits per heavy atom. The smallest absolute Gasteiger partial charge is 0.255 e. The van der Waals surface area contributed by atoms with Crippen molar-refractivity contribution in [1.29, 1.82) is 0 Å². The number of likely N-dealkylation sites (tertiary alicyclic amines) is 1. The van der Waals surface area contributed by atoms with Crippen molar-refractivity contribution in [3.63, 3.8) is 0 Å². The Kier molecular flexibility index (Phi) is 5.73. The van der Waals surface area contributed by atoms with E-state index in [0.29, 0.717) is 18.5 Å². The standard InChI is InChI=1S/C26H26N6O4/c33-24-4-3-23(25(34)29-24)31-15-18-11-20(1-2-22(18)26(31)35)36-21-7-10-30(16-21)13-17-12-28-32(14-17)19-5-8-27-9-6-19/h1-2,5-6,8-9,11-12,14,21,23H,3-4,7,10,13,15-16H2,(H,29,33,34)/t21-,23?/m0/s1. The molecule has 2 fully saturated rings. The second-order valence-electron chi connectivity index (χ2n) is 9.48. The summed E-state index contributed by atoms with van der Waals surface area (Å²) >= 11 is 0. The van der Waals surface area contributed by atoms with Crippen LogP contribution in [-0.2, 0) is 22.7 Å². The van der Waals surface area contributed by atoms with Crippen LogP contribution in [0.25, 0.3) is 5.69 Å². The monoisotopic (exact) mass is 486 g/mol. The number of imide groups is 1. The number of amides is 3. The number of carbonyl (C=O) groups excluding carboxylic acids is 3. The molecule has 184 valence electrons. The van der Waals surface area contributed by atoms with Gasteiger partial charge in [0.05, 0.1) is 11.9 Å². The van der Waals surface area contributed by atoms with Crippen LogP contribution < -0.4 is 10.1 Å². The van der Waals surface area contributed by atoms with Gasteiger partial charge in [-0.2, -0.15) is 5.10 Å². The van der Waals surface area contributed by atoms with E-state index >= 15 is 0 Å². The second kappa shape index (κ2) is 9.19. The maximum atomic E-state index is 12.9. The molecule has 1 N–H and O–H groups in total. The maximum absolute atomic E-state index is 12.9. The van der Waals surface area contributed by atoms with Crippen molar-refractivity contribution in [1.82, 2.24) is 29.9 Å². The van der Waals surface area contributed by atoms with Gasteiger partial charge in [0.25, 0.3) is 5.91 Å². The third-order valence-electron chi connectivity index (χ3n) is 7.00. The molecule has 3 aliphatic rings. The highest BCUT2D eigenvalue weighted by Gasteiger charge is 2.39. The Balaban J connectivity index is 1.06. The van der Waals surface area contributed by atoms with E-state index in [1.54, 1.807) is 23.4 Å². The van der Waals surface area contributed by atoms with Crippen LogP contribution >= 0.6 is 0 Å². The Hall–Kier alpha value is -4.05. The van der Waals surface area contributed by atoms with Crippen LogP contribution in [0.2, 0.25) is 0 Å². The van der Waals surface area contributed by atoms with Crippen LogP contribution in [0, 0.1) is 0 Å². The average molecular weight is 487 g/mol. The van der Waals surface area contributed by atoms with E-state index in [9.17, 15) is 14.4 Å². The van der Waals surface area contributed by atoms with E-state index < -0.39 is 11.9 Å². The Labute approximate surface area is 207 Å². The van der Waals surface area contributed by atoms with E-state index in [-0.39, 0.29) is 24.3 Å². The van der Waals surface area contributed by atoms with Gasteiger partial charge in [-0.1, -0.05) is 0 Å². The molecule has 36 heavy (non-hydrogen) atoms. The van der Waals surface area contributed by atoms with Gasteiger partial charge in [-0.25, -0.2) is 4.68 Å².